The van der Waals surface area contributed by atoms with Crippen molar-refractivity contribution in [2.24, 2.45) is 0 Å². The van der Waals surface area contributed by atoms with Crippen LogP contribution in [0.1, 0.15) is 29.5 Å². The van der Waals surface area contributed by atoms with Crippen LogP contribution in [0, 0.1) is 0 Å². The van der Waals surface area contributed by atoms with Gasteiger partial charge in [0.2, 0.25) is 0 Å². The lowest BCUT2D eigenvalue weighted by atomic mass is 10.1. The van der Waals surface area contributed by atoms with Crippen molar-refractivity contribution in [1.82, 2.24) is 9.55 Å². The van der Waals surface area contributed by atoms with Crippen molar-refractivity contribution in [3.8, 4) is 0 Å². The number of imidazole rings is 1. The number of thioether (sulfide) groups is 1. The molecule has 0 saturated carbocycles. The summed E-state index contributed by atoms with van der Waals surface area (Å²) in [7, 11) is 0. The maximum Gasteiger partial charge on any atom is 0.332 e. The smallest absolute Gasteiger partial charge is 0.332 e. The largest absolute Gasteiger partial charge is 0.478 e. The number of nitrogens with zero attached hydrogens (tertiary/aromatic N) is 2. The normalized spacial score (nSPS) is 11.7. The number of hydrogen-bond donors (Lipinski definition) is 1. The standard InChI is InChI=1S/C21H21ClN2O2S2/c1-2-9-28-21-23-13-17(24(21)14-15-6-3-4-8-19(15)22)11-16(20(25)26)12-18-7-5-10-27-18/h3-8,10-11,13H,2,9,12,14H2,1H3,(H,25,26). The average molecular weight is 433 g/mol. The van der Waals surface area contributed by atoms with Gasteiger partial charge >= 0.3 is 5.97 Å². The predicted octanol–water partition coefficient (Wildman–Crippen LogP) is 5.86. The summed E-state index contributed by atoms with van der Waals surface area (Å²) in [4.78, 5) is 17.4. The van der Waals surface area contributed by atoms with Crippen LogP contribution < -0.4 is 0 Å². The molecule has 2 aromatic heterocycles. The number of carboxylic acids is 1. The van der Waals surface area contributed by atoms with E-state index in [1.54, 1.807) is 35.4 Å². The lowest BCUT2D eigenvalue weighted by Crippen LogP contribution is -2.07. The van der Waals surface area contributed by atoms with Crippen molar-refractivity contribution in [3.05, 3.63) is 74.7 Å². The third-order valence-corrected chi connectivity index (χ3v) is 6.55. The summed E-state index contributed by atoms with van der Waals surface area (Å²) >= 11 is 9.58. The number of carbonyl (C=O) groups is 1. The molecular formula is C21H21ClN2O2S2. The molecule has 0 unspecified atom stereocenters. The Bertz CT molecular complexity index is 965. The highest BCUT2D eigenvalue weighted by atomic mass is 35.5. The fraction of sp³-hybridized carbons (Fsp3) is 0.238. The van der Waals surface area contributed by atoms with Gasteiger partial charge in [0.15, 0.2) is 5.16 Å². The molecule has 0 aliphatic carbocycles. The van der Waals surface area contributed by atoms with Crippen molar-refractivity contribution in [2.45, 2.75) is 31.5 Å². The minimum Gasteiger partial charge on any atom is -0.478 e. The zero-order chi connectivity index (χ0) is 19.9. The van der Waals surface area contributed by atoms with Crippen molar-refractivity contribution in [2.75, 3.05) is 5.75 Å². The number of aromatic nitrogens is 2. The van der Waals surface area contributed by atoms with E-state index in [1.165, 1.54) is 0 Å². The van der Waals surface area contributed by atoms with Gasteiger partial charge in [0.1, 0.15) is 0 Å². The minimum absolute atomic E-state index is 0.342. The minimum atomic E-state index is -0.915. The van der Waals surface area contributed by atoms with Gasteiger partial charge < -0.3 is 9.67 Å². The van der Waals surface area contributed by atoms with Gasteiger partial charge in [0, 0.05) is 27.6 Å². The van der Waals surface area contributed by atoms with Crippen LogP contribution in [0.4, 0.5) is 0 Å². The number of benzene rings is 1. The molecule has 0 fully saturated rings. The number of thiophene rings is 1. The van der Waals surface area contributed by atoms with Crippen LogP contribution in [-0.2, 0) is 17.8 Å². The maximum absolute atomic E-state index is 11.8. The quantitative estimate of drug-likeness (QED) is 0.340. The van der Waals surface area contributed by atoms with E-state index in [0.717, 1.165) is 33.5 Å². The Morgan fingerprint density at radius 2 is 2.14 bits per heavy atom. The first-order chi connectivity index (χ1) is 13.6. The Balaban J connectivity index is 1.97. The van der Waals surface area contributed by atoms with Crippen molar-refractivity contribution >= 4 is 46.7 Å². The third kappa shape index (κ3) is 5.28. The van der Waals surface area contributed by atoms with E-state index in [9.17, 15) is 9.90 Å². The van der Waals surface area contributed by atoms with Gasteiger partial charge in [0.05, 0.1) is 18.4 Å². The molecule has 7 heteroatoms. The van der Waals surface area contributed by atoms with Crippen LogP contribution in [-0.4, -0.2) is 26.4 Å². The van der Waals surface area contributed by atoms with E-state index >= 15 is 0 Å². The van der Waals surface area contributed by atoms with Gasteiger partial charge in [-0.15, -0.1) is 11.3 Å². The summed E-state index contributed by atoms with van der Waals surface area (Å²) in [6.45, 7) is 2.67. The Morgan fingerprint density at radius 3 is 2.82 bits per heavy atom. The van der Waals surface area contributed by atoms with Crippen molar-refractivity contribution in [3.63, 3.8) is 0 Å². The molecule has 1 N–H and O–H groups in total. The summed E-state index contributed by atoms with van der Waals surface area (Å²) in [6.07, 6.45) is 4.89. The summed E-state index contributed by atoms with van der Waals surface area (Å²) in [5, 5.41) is 13.2. The van der Waals surface area contributed by atoms with Gasteiger partial charge in [-0.05, 0) is 35.6 Å². The second-order valence-electron chi connectivity index (χ2n) is 6.22. The van der Waals surface area contributed by atoms with Gasteiger partial charge in [-0.1, -0.05) is 54.6 Å². The summed E-state index contributed by atoms with van der Waals surface area (Å²) in [5.41, 5.74) is 2.09. The molecular weight excluding hydrogens is 412 g/mol. The molecule has 0 radical (unpaired) electrons. The molecule has 0 aliphatic heterocycles. The Kier molecular flexibility index (Phi) is 7.36. The molecule has 0 spiro atoms. The molecule has 0 saturated heterocycles. The van der Waals surface area contributed by atoms with Crippen LogP contribution in [0.5, 0.6) is 0 Å². The lowest BCUT2D eigenvalue weighted by Gasteiger charge is -2.12. The molecule has 28 heavy (non-hydrogen) atoms. The molecule has 2 heterocycles. The SMILES string of the molecule is CCCSc1ncc(C=C(Cc2cccs2)C(=O)O)n1Cc1ccccc1Cl. The van der Waals surface area contributed by atoms with Crippen molar-refractivity contribution < 1.29 is 9.90 Å². The van der Waals surface area contributed by atoms with Crippen LogP contribution >= 0.6 is 34.7 Å². The number of hydrogen-bond acceptors (Lipinski definition) is 4. The van der Waals surface area contributed by atoms with E-state index < -0.39 is 5.97 Å². The molecule has 3 aromatic rings. The van der Waals surface area contributed by atoms with Crippen LogP contribution in [0.15, 0.2) is 58.7 Å². The Labute approximate surface area is 177 Å². The van der Waals surface area contributed by atoms with Crippen molar-refractivity contribution in [1.29, 1.82) is 0 Å². The highest BCUT2D eigenvalue weighted by Gasteiger charge is 2.15. The zero-order valence-electron chi connectivity index (χ0n) is 15.5. The highest BCUT2D eigenvalue weighted by Crippen LogP contribution is 2.25. The van der Waals surface area contributed by atoms with E-state index in [1.807, 2.05) is 46.3 Å². The number of rotatable bonds is 9. The second kappa shape index (κ2) is 9.96. The van der Waals surface area contributed by atoms with Gasteiger partial charge in [-0.25, -0.2) is 9.78 Å². The first-order valence-corrected chi connectivity index (χ1v) is 11.2. The summed E-state index contributed by atoms with van der Waals surface area (Å²) in [5.74, 6) is 0.0330. The fourth-order valence-electron chi connectivity index (χ4n) is 2.72. The summed E-state index contributed by atoms with van der Waals surface area (Å²) < 4.78 is 2.04. The highest BCUT2D eigenvalue weighted by molar-refractivity contribution is 7.99. The first-order valence-electron chi connectivity index (χ1n) is 8.96. The van der Waals surface area contributed by atoms with E-state index in [0.29, 0.717) is 23.6 Å². The van der Waals surface area contributed by atoms with Crippen LogP contribution in [0.2, 0.25) is 5.02 Å². The molecule has 0 atom stereocenters. The average Bonchev–Trinajstić information content (AvgIpc) is 3.32. The molecule has 0 bridgehead atoms. The molecule has 0 aliphatic rings. The monoisotopic (exact) mass is 432 g/mol. The third-order valence-electron chi connectivity index (χ3n) is 4.11. The fourth-order valence-corrected chi connectivity index (χ4v) is 4.48. The molecule has 0 amide bonds. The van der Waals surface area contributed by atoms with Crippen LogP contribution in [0.25, 0.3) is 6.08 Å². The lowest BCUT2D eigenvalue weighted by molar-refractivity contribution is -0.132. The molecule has 3 rings (SSSR count). The number of carboxylic acid groups (broad SMARTS) is 1. The molecule has 1 aromatic carbocycles. The van der Waals surface area contributed by atoms with Gasteiger partial charge in [-0.2, -0.15) is 0 Å². The van der Waals surface area contributed by atoms with E-state index in [2.05, 4.69) is 11.9 Å². The van der Waals surface area contributed by atoms with E-state index in [-0.39, 0.29) is 0 Å². The second-order valence-corrected chi connectivity index (χ2v) is 8.72. The number of halogens is 1. The van der Waals surface area contributed by atoms with Gasteiger partial charge in [-0.3, -0.25) is 0 Å². The van der Waals surface area contributed by atoms with E-state index in [4.69, 9.17) is 11.6 Å². The van der Waals surface area contributed by atoms with Gasteiger partial charge in [0.25, 0.3) is 0 Å². The Morgan fingerprint density at radius 1 is 1.32 bits per heavy atom. The summed E-state index contributed by atoms with van der Waals surface area (Å²) in [6, 6.07) is 11.6. The molecule has 4 nitrogen and oxygen atoms in total. The van der Waals surface area contributed by atoms with Crippen LogP contribution in [0.3, 0.4) is 0 Å². The Hall–Kier alpha value is -2.02. The zero-order valence-corrected chi connectivity index (χ0v) is 17.9. The topological polar surface area (TPSA) is 55.1 Å². The number of aliphatic carboxylic acids is 1. The maximum atomic E-state index is 11.8. The first kappa shape index (κ1) is 20.7. The molecule has 146 valence electrons. The predicted molar refractivity (Wildman–Crippen MR) is 117 cm³/mol.